The zero-order chi connectivity index (χ0) is 27.4. The molecule has 0 amide bonds. The van der Waals surface area contributed by atoms with Crippen molar-refractivity contribution in [2.24, 2.45) is 0 Å². The number of nitrogens with one attached hydrogen (secondary N) is 1. The van der Waals surface area contributed by atoms with Gasteiger partial charge in [-0.2, -0.15) is 0 Å². The molecule has 0 bridgehead atoms. The average Bonchev–Trinajstić information content (AvgIpc) is 2.84. The second kappa shape index (κ2) is 11.1. The lowest BCUT2D eigenvalue weighted by molar-refractivity contribution is -0.870. The summed E-state index contributed by atoms with van der Waals surface area (Å²) in [4.78, 5) is 26.2. The molecule has 0 aromatic heterocycles. The number of nitrogen functional groups attached to an aromatic ring is 1. The number of anilines is 3. The Morgan fingerprint density at radius 2 is 1.43 bits per heavy atom. The first-order chi connectivity index (χ1) is 17.3. The number of nitrogens with two attached hydrogens (primary N) is 1. The van der Waals surface area contributed by atoms with Gasteiger partial charge >= 0.3 is 0 Å². The summed E-state index contributed by atoms with van der Waals surface area (Å²) in [5.41, 5.74) is 9.08. The zero-order valence-electron chi connectivity index (χ0n) is 21.0. The van der Waals surface area contributed by atoms with E-state index in [1.165, 1.54) is 0 Å². The molecule has 11 heteroatoms. The van der Waals surface area contributed by atoms with Gasteiger partial charge in [0.2, 0.25) is 10.4 Å². The molecular weight excluding hydrogens is 498 g/mol. The third-order valence-corrected chi connectivity index (χ3v) is 5.88. The van der Waals surface area contributed by atoms with Gasteiger partial charge in [-0.1, -0.05) is 24.3 Å². The van der Waals surface area contributed by atoms with E-state index in [9.17, 15) is 22.6 Å². The Hall–Kier alpha value is -3.77. The quantitative estimate of drug-likeness (QED) is 0.160. The normalized spacial score (nSPS) is 12.7. The standard InChI is InChI=1S/C25H25N3O3.CH4O4S/c1-28(2,3)14-15-31-17-10-8-16(9-11-17)27-21-13-12-20(26)22-23(21)25(30)19-7-5-4-6-18(19)24(22)29;1-5-6(2,3)4/h4-13H,14-15H2,1-3H3,(H2-,26,27,29,30);1H3,(H,2,3,4). The highest BCUT2D eigenvalue weighted by molar-refractivity contribution is 7.80. The number of ether oxygens (including phenoxy) is 1. The van der Waals surface area contributed by atoms with Crippen molar-refractivity contribution in [3.8, 4) is 5.75 Å². The molecule has 1 aliphatic rings. The number of carbonyl (C=O) groups excluding carboxylic acids is 2. The number of benzene rings is 3. The molecule has 37 heavy (non-hydrogen) atoms. The lowest BCUT2D eigenvalue weighted by Crippen LogP contribution is -2.38. The highest BCUT2D eigenvalue weighted by Gasteiger charge is 2.33. The van der Waals surface area contributed by atoms with Crippen LogP contribution in [-0.4, -0.2) is 70.4 Å². The van der Waals surface area contributed by atoms with E-state index in [1.807, 2.05) is 24.3 Å². The number of hydrogen-bond donors (Lipinski definition) is 2. The second-order valence-corrected chi connectivity index (χ2v) is 10.4. The summed E-state index contributed by atoms with van der Waals surface area (Å²) in [6.07, 6.45) is 0. The van der Waals surface area contributed by atoms with Crippen molar-refractivity contribution in [3.05, 3.63) is 82.9 Å². The van der Waals surface area contributed by atoms with Gasteiger partial charge in [0.05, 0.1) is 45.1 Å². The molecule has 0 atom stereocenters. The Morgan fingerprint density at radius 1 is 0.892 bits per heavy atom. The van der Waals surface area contributed by atoms with E-state index in [1.54, 1.807) is 36.4 Å². The molecule has 0 heterocycles. The number of rotatable bonds is 7. The van der Waals surface area contributed by atoms with Crippen LogP contribution in [0.15, 0.2) is 60.7 Å². The van der Waals surface area contributed by atoms with E-state index in [4.69, 9.17) is 10.5 Å². The number of quaternary nitrogens is 1. The maximum absolute atomic E-state index is 13.2. The Kier molecular flexibility index (Phi) is 8.34. The fourth-order valence-electron chi connectivity index (χ4n) is 3.58. The number of likely N-dealkylation sites (N-methyl/N-ethyl adjacent to an activating group) is 1. The molecule has 0 fully saturated rings. The molecule has 0 unspecified atom stereocenters. The van der Waals surface area contributed by atoms with Crippen molar-refractivity contribution in [2.75, 3.05) is 52.5 Å². The highest BCUT2D eigenvalue weighted by Crippen LogP contribution is 2.36. The van der Waals surface area contributed by atoms with Gasteiger partial charge in [-0.05, 0) is 36.4 Å². The SMILES string of the molecule is COS(=O)(=O)[O-].C[N+](C)(C)CCOc1ccc(Nc2ccc(N)c3c2C(=O)c2ccccc2C3=O)cc1. The Morgan fingerprint density at radius 3 is 1.95 bits per heavy atom. The maximum Gasteiger partial charge on any atom is 0.217 e. The average molecular weight is 528 g/mol. The van der Waals surface area contributed by atoms with Crippen LogP contribution >= 0.6 is 0 Å². The van der Waals surface area contributed by atoms with Crippen molar-refractivity contribution in [3.63, 3.8) is 0 Å². The van der Waals surface area contributed by atoms with Gasteiger partial charge in [0.1, 0.15) is 18.9 Å². The number of carbonyl (C=O) groups is 2. The predicted molar refractivity (Wildman–Crippen MR) is 139 cm³/mol. The first-order valence-corrected chi connectivity index (χ1v) is 12.6. The third kappa shape index (κ3) is 7.14. The fourth-order valence-corrected chi connectivity index (χ4v) is 3.58. The van der Waals surface area contributed by atoms with Gasteiger partial charge in [0.25, 0.3) is 0 Å². The monoisotopic (exact) mass is 527 g/mol. The Labute approximate surface area is 216 Å². The smallest absolute Gasteiger partial charge is 0.217 e. The van der Waals surface area contributed by atoms with Crippen molar-refractivity contribution in [2.45, 2.75) is 0 Å². The summed E-state index contributed by atoms with van der Waals surface area (Å²) in [6, 6.07) is 17.8. The minimum absolute atomic E-state index is 0.208. The van der Waals surface area contributed by atoms with Crippen LogP contribution in [-0.2, 0) is 14.6 Å². The fraction of sp³-hybridized carbons (Fsp3) is 0.231. The summed E-state index contributed by atoms with van der Waals surface area (Å²) in [6.45, 7) is 1.52. The molecule has 4 rings (SSSR count). The van der Waals surface area contributed by atoms with Gasteiger partial charge in [-0.3, -0.25) is 13.8 Å². The zero-order valence-corrected chi connectivity index (χ0v) is 21.8. The number of fused-ring (bicyclic) bond motifs is 2. The third-order valence-electron chi connectivity index (χ3n) is 5.48. The summed E-state index contributed by atoms with van der Waals surface area (Å²) in [7, 11) is 2.75. The molecule has 0 spiro atoms. The van der Waals surface area contributed by atoms with Gasteiger partial charge in [0, 0.05) is 22.5 Å². The van der Waals surface area contributed by atoms with Crippen LogP contribution in [0, 0.1) is 0 Å². The van der Waals surface area contributed by atoms with E-state index < -0.39 is 10.4 Å². The van der Waals surface area contributed by atoms with Crippen LogP contribution < -0.4 is 15.8 Å². The van der Waals surface area contributed by atoms with Crippen molar-refractivity contribution in [1.29, 1.82) is 0 Å². The van der Waals surface area contributed by atoms with Crippen molar-refractivity contribution < 1.29 is 36.0 Å². The summed E-state index contributed by atoms with van der Waals surface area (Å²) >= 11 is 0. The lowest BCUT2D eigenvalue weighted by Gasteiger charge is -2.23. The molecule has 0 aliphatic heterocycles. The van der Waals surface area contributed by atoms with Crippen LogP contribution in [0.25, 0.3) is 0 Å². The number of ketones is 2. The molecule has 3 aromatic carbocycles. The Balaban J connectivity index is 0.000000568. The summed E-state index contributed by atoms with van der Waals surface area (Å²) in [5.74, 6) is 0.339. The molecule has 0 saturated heterocycles. The summed E-state index contributed by atoms with van der Waals surface area (Å²) < 4.78 is 37.7. The lowest BCUT2D eigenvalue weighted by atomic mass is 9.82. The molecule has 196 valence electrons. The van der Waals surface area contributed by atoms with E-state index in [2.05, 4.69) is 30.6 Å². The van der Waals surface area contributed by atoms with Gasteiger partial charge < -0.3 is 24.8 Å². The molecule has 3 aromatic rings. The number of hydrogen-bond acceptors (Lipinski definition) is 9. The van der Waals surface area contributed by atoms with E-state index in [0.717, 1.165) is 29.6 Å². The van der Waals surface area contributed by atoms with Gasteiger partial charge in [0.15, 0.2) is 11.6 Å². The van der Waals surface area contributed by atoms with Crippen molar-refractivity contribution >= 4 is 39.0 Å². The minimum atomic E-state index is -4.41. The maximum atomic E-state index is 13.2. The van der Waals surface area contributed by atoms with Crippen LogP contribution in [0.3, 0.4) is 0 Å². The molecular formula is C26H29N3O7S. The molecule has 3 N–H and O–H groups in total. The first-order valence-electron chi connectivity index (χ1n) is 11.2. The van der Waals surface area contributed by atoms with Crippen LogP contribution in [0.2, 0.25) is 0 Å². The van der Waals surface area contributed by atoms with Crippen LogP contribution in [0.1, 0.15) is 31.8 Å². The highest BCUT2D eigenvalue weighted by atomic mass is 32.3. The topological polar surface area (TPSA) is 148 Å². The van der Waals surface area contributed by atoms with Crippen LogP contribution in [0.5, 0.6) is 5.75 Å². The van der Waals surface area contributed by atoms with E-state index in [0.29, 0.717) is 34.7 Å². The Bertz CT molecular complexity index is 1410. The largest absolute Gasteiger partial charge is 0.726 e. The molecule has 1 aliphatic carbocycles. The van der Waals surface area contributed by atoms with Crippen molar-refractivity contribution in [1.82, 2.24) is 0 Å². The first kappa shape index (κ1) is 27.8. The van der Waals surface area contributed by atoms with E-state index >= 15 is 0 Å². The van der Waals surface area contributed by atoms with Crippen LogP contribution in [0.4, 0.5) is 17.1 Å². The summed E-state index contributed by atoms with van der Waals surface area (Å²) in [5, 5.41) is 3.26. The molecule has 10 nitrogen and oxygen atoms in total. The molecule has 0 saturated carbocycles. The minimum Gasteiger partial charge on any atom is -0.726 e. The predicted octanol–water partition coefficient (Wildman–Crippen LogP) is 2.97. The van der Waals surface area contributed by atoms with E-state index in [-0.39, 0.29) is 17.1 Å². The van der Waals surface area contributed by atoms with Gasteiger partial charge in [-0.15, -0.1) is 0 Å². The second-order valence-electron chi connectivity index (χ2n) is 9.24. The number of nitrogens with zero attached hydrogens (tertiary/aromatic N) is 1. The molecule has 0 radical (unpaired) electrons. The van der Waals surface area contributed by atoms with Gasteiger partial charge in [-0.25, -0.2) is 8.42 Å².